The van der Waals surface area contributed by atoms with E-state index in [0.29, 0.717) is 18.6 Å². The number of phenolic OH excluding ortho intramolecular Hbond substituents is 1. The molecule has 2 N–H and O–H groups in total. The highest BCUT2D eigenvalue weighted by molar-refractivity contribution is 5.28. The number of hydrogen-bond acceptors (Lipinski definition) is 3. The molecule has 1 aliphatic rings. The minimum atomic E-state index is -0.377. The van der Waals surface area contributed by atoms with E-state index >= 15 is 0 Å². The lowest BCUT2D eigenvalue weighted by Gasteiger charge is -2.29. The summed E-state index contributed by atoms with van der Waals surface area (Å²) in [5.41, 5.74) is 0.823. The summed E-state index contributed by atoms with van der Waals surface area (Å²) in [7, 11) is 0. The number of nitrogens with zero attached hydrogens (tertiary/aromatic N) is 1. The number of halogens is 1. The Kier molecular flexibility index (Phi) is 4.77. The van der Waals surface area contributed by atoms with Crippen LogP contribution < -0.4 is 5.32 Å². The first-order chi connectivity index (χ1) is 9.04. The van der Waals surface area contributed by atoms with Gasteiger partial charge in [0, 0.05) is 31.2 Å². The van der Waals surface area contributed by atoms with E-state index in [1.54, 1.807) is 6.07 Å². The summed E-state index contributed by atoms with van der Waals surface area (Å²) < 4.78 is 13.3. The van der Waals surface area contributed by atoms with Crippen molar-refractivity contribution in [1.29, 1.82) is 0 Å². The highest BCUT2D eigenvalue weighted by Crippen LogP contribution is 2.18. The van der Waals surface area contributed by atoms with Crippen LogP contribution in [0.3, 0.4) is 0 Å². The minimum absolute atomic E-state index is 0.00213. The highest BCUT2D eigenvalue weighted by atomic mass is 19.1. The minimum Gasteiger partial charge on any atom is -0.508 e. The van der Waals surface area contributed by atoms with Crippen molar-refractivity contribution in [3.63, 3.8) is 0 Å². The first-order valence-corrected chi connectivity index (χ1v) is 7.00. The Morgan fingerprint density at radius 2 is 2.21 bits per heavy atom. The first kappa shape index (κ1) is 14.3. The lowest BCUT2D eigenvalue weighted by atomic mass is 10.1. The van der Waals surface area contributed by atoms with E-state index in [1.807, 2.05) is 0 Å². The summed E-state index contributed by atoms with van der Waals surface area (Å²) in [6.07, 6.45) is 2.44. The van der Waals surface area contributed by atoms with Crippen LogP contribution in [0.2, 0.25) is 0 Å². The van der Waals surface area contributed by atoms with Gasteiger partial charge in [-0.05, 0) is 50.9 Å². The van der Waals surface area contributed by atoms with E-state index < -0.39 is 0 Å². The smallest absolute Gasteiger partial charge is 0.127 e. The first-order valence-electron chi connectivity index (χ1n) is 7.00. The molecule has 0 saturated carbocycles. The predicted molar refractivity (Wildman–Crippen MR) is 74.6 cm³/mol. The van der Waals surface area contributed by atoms with Crippen molar-refractivity contribution in [1.82, 2.24) is 10.2 Å². The monoisotopic (exact) mass is 266 g/mol. The van der Waals surface area contributed by atoms with Gasteiger partial charge in [0.25, 0.3) is 0 Å². The Morgan fingerprint density at radius 3 is 2.79 bits per heavy atom. The van der Waals surface area contributed by atoms with E-state index in [0.717, 1.165) is 24.7 Å². The largest absolute Gasteiger partial charge is 0.508 e. The van der Waals surface area contributed by atoms with E-state index in [1.165, 1.54) is 18.9 Å². The fraction of sp³-hybridized carbons (Fsp3) is 0.600. The van der Waals surface area contributed by atoms with Gasteiger partial charge < -0.3 is 10.4 Å². The van der Waals surface area contributed by atoms with Crippen molar-refractivity contribution >= 4 is 0 Å². The zero-order chi connectivity index (χ0) is 13.8. The summed E-state index contributed by atoms with van der Waals surface area (Å²) in [6.45, 7) is 7.02. The summed E-state index contributed by atoms with van der Waals surface area (Å²) in [5.74, 6) is -0.379. The molecular formula is C15H23FN2O. The molecule has 106 valence electrons. The molecule has 4 heteroatoms. The third-order valence-electron chi connectivity index (χ3n) is 3.68. The molecule has 3 nitrogen and oxygen atoms in total. The van der Waals surface area contributed by atoms with Gasteiger partial charge in [0.2, 0.25) is 0 Å². The van der Waals surface area contributed by atoms with Crippen molar-refractivity contribution in [2.75, 3.05) is 13.1 Å². The predicted octanol–water partition coefficient (Wildman–Crippen LogP) is 2.49. The lowest BCUT2D eigenvalue weighted by Crippen LogP contribution is -2.40. The molecule has 0 amide bonds. The van der Waals surface area contributed by atoms with Gasteiger partial charge in [-0.3, -0.25) is 4.90 Å². The van der Waals surface area contributed by atoms with E-state index in [4.69, 9.17) is 0 Å². The quantitative estimate of drug-likeness (QED) is 0.859. The van der Waals surface area contributed by atoms with Crippen LogP contribution in [0.4, 0.5) is 4.39 Å². The van der Waals surface area contributed by atoms with Crippen LogP contribution in [-0.2, 0) is 6.54 Å². The number of aromatic hydroxyl groups is 1. The average Bonchev–Trinajstić information content (AvgIpc) is 2.79. The second kappa shape index (κ2) is 6.35. The molecule has 1 heterocycles. The van der Waals surface area contributed by atoms with Gasteiger partial charge in [0.1, 0.15) is 11.6 Å². The lowest BCUT2D eigenvalue weighted by molar-refractivity contribution is 0.193. The van der Waals surface area contributed by atoms with Crippen LogP contribution in [0.25, 0.3) is 0 Å². The summed E-state index contributed by atoms with van der Waals surface area (Å²) >= 11 is 0. The molecule has 1 atom stereocenters. The maximum atomic E-state index is 13.3. The second-order valence-electron chi connectivity index (χ2n) is 5.63. The zero-order valence-corrected chi connectivity index (χ0v) is 11.7. The second-order valence-corrected chi connectivity index (χ2v) is 5.63. The van der Waals surface area contributed by atoms with Crippen molar-refractivity contribution in [3.05, 3.63) is 29.6 Å². The summed E-state index contributed by atoms with van der Waals surface area (Å²) in [5, 5.41) is 12.9. The number of rotatable bonds is 5. The summed E-state index contributed by atoms with van der Waals surface area (Å²) in [6, 6.07) is 5.21. The van der Waals surface area contributed by atoms with Crippen LogP contribution in [0.15, 0.2) is 18.2 Å². The van der Waals surface area contributed by atoms with Crippen LogP contribution in [0, 0.1) is 5.82 Å². The van der Waals surface area contributed by atoms with Gasteiger partial charge in [-0.15, -0.1) is 0 Å². The van der Waals surface area contributed by atoms with Crippen LogP contribution in [-0.4, -0.2) is 35.2 Å². The Balaban J connectivity index is 2.02. The summed E-state index contributed by atoms with van der Waals surface area (Å²) in [4.78, 5) is 2.32. The topological polar surface area (TPSA) is 35.5 Å². The van der Waals surface area contributed by atoms with Crippen LogP contribution in [0.5, 0.6) is 5.75 Å². The fourth-order valence-corrected chi connectivity index (χ4v) is 2.61. The Bertz CT molecular complexity index is 396. The molecule has 0 aliphatic carbocycles. The Labute approximate surface area is 114 Å². The van der Waals surface area contributed by atoms with Crippen molar-refractivity contribution in [2.24, 2.45) is 0 Å². The molecule has 1 aromatic carbocycles. The van der Waals surface area contributed by atoms with Crippen molar-refractivity contribution < 1.29 is 9.50 Å². The van der Waals surface area contributed by atoms with Crippen LogP contribution >= 0.6 is 0 Å². The third kappa shape index (κ3) is 4.18. The molecule has 1 fully saturated rings. The van der Waals surface area contributed by atoms with E-state index in [-0.39, 0.29) is 11.6 Å². The molecule has 19 heavy (non-hydrogen) atoms. The molecule has 2 rings (SSSR count). The number of nitrogens with one attached hydrogen (secondary N) is 1. The highest BCUT2D eigenvalue weighted by Gasteiger charge is 2.20. The van der Waals surface area contributed by atoms with Crippen LogP contribution in [0.1, 0.15) is 32.3 Å². The van der Waals surface area contributed by atoms with Gasteiger partial charge in [-0.1, -0.05) is 0 Å². The Hall–Kier alpha value is -1.13. The maximum absolute atomic E-state index is 13.3. The van der Waals surface area contributed by atoms with E-state index in [9.17, 15) is 9.50 Å². The molecule has 0 radical (unpaired) electrons. The van der Waals surface area contributed by atoms with E-state index in [2.05, 4.69) is 24.1 Å². The SMILES string of the molecule is CC(C)N(Cc1cc(O)cc(F)c1)CC1CCCN1. The molecular weight excluding hydrogens is 243 g/mol. The number of phenols is 1. The molecule has 0 bridgehead atoms. The zero-order valence-electron chi connectivity index (χ0n) is 11.7. The van der Waals surface area contributed by atoms with Gasteiger partial charge >= 0.3 is 0 Å². The van der Waals surface area contributed by atoms with Gasteiger partial charge in [-0.25, -0.2) is 4.39 Å². The molecule has 1 aliphatic heterocycles. The molecule has 0 spiro atoms. The standard InChI is InChI=1S/C15H23FN2O/c1-11(2)18(10-14-4-3-5-17-14)9-12-6-13(16)8-15(19)7-12/h6-8,11,14,17,19H,3-5,9-10H2,1-2H3. The number of benzene rings is 1. The average molecular weight is 266 g/mol. The molecule has 1 unspecified atom stereocenters. The Morgan fingerprint density at radius 1 is 1.42 bits per heavy atom. The van der Waals surface area contributed by atoms with Crippen molar-refractivity contribution in [3.8, 4) is 5.75 Å². The van der Waals surface area contributed by atoms with Gasteiger partial charge in [0.05, 0.1) is 0 Å². The normalized spacial score (nSPS) is 19.5. The van der Waals surface area contributed by atoms with Gasteiger partial charge in [0.15, 0.2) is 0 Å². The third-order valence-corrected chi connectivity index (χ3v) is 3.68. The van der Waals surface area contributed by atoms with Gasteiger partial charge in [-0.2, -0.15) is 0 Å². The maximum Gasteiger partial charge on any atom is 0.127 e. The molecule has 1 aromatic rings. The van der Waals surface area contributed by atoms with Crippen molar-refractivity contribution in [2.45, 2.75) is 45.3 Å². The molecule has 0 aromatic heterocycles. The number of hydrogen-bond donors (Lipinski definition) is 2. The molecule has 1 saturated heterocycles. The fourth-order valence-electron chi connectivity index (χ4n) is 2.61.